The summed E-state index contributed by atoms with van der Waals surface area (Å²) in [7, 11) is 0. The summed E-state index contributed by atoms with van der Waals surface area (Å²) in [4.78, 5) is 12.1. The molecule has 0 saturated carbocycles. The highest BCUT2D eigenvalue weighted by molar-refractivity contribution is 6.00. The second-order valence-corrected chi connectivity index (χ2v) is 5.15. The molecule has 0 fully saturated rings. The van der Waals surface area contributed by atoms with Crippen molar-refractivity contribution in [2.45, 2.75) is 6.04 Å². The quantitative estimate of drug-likeness (QED) is 0.763. The molecule has 1 aromatic heterocycles. The predicted octanol–water partition coefficient (Wildman–Crippen LogP) is 3.05. The molecule has 1 atom stereocenters. The van der Waals surface area contributed by atoms with Gasteiger partial charge in [-0.15, -0.1) is 0 Å². The Bertz CT molecular complexity index is 857. The fourth-order valence-corrected chi connectivity index (χ4v) is 2.84. The van der Waals surface area contributed by atoms with Gasteiger partial charge < -0.3 is 5.32 Å². The van der Waals surface area contributed by atoms with Gasteiger partial charge >= 0.3 is 0 Å². The topological polar surface area (TPSA) is 57.8 Å². The van der Waals surface area contributed by atoms with Gasteiger partial charge in [0.15, 0.2) is 0 Å². The molecule has 2 aromatic carbocycles. The van der Waals surface area contributed by atoms with Gasteiger partial charge in [0.1, 0.15) is 11.5 Å². The van der Waals surface area contributed by atoms with Gasteiger partial charge in [0.25, 0.3) is 5.91 Å². The van der Waals surface area contributed by atoms with Crippen molar-refractivity contribution in [3.8, 4) is 11.3 Å². The highest BCUT2D eigenvalue weighted by Crippen LogP contribution is 2.37. The van der Waals surface area contributed by atoms with Crippen molar-refractivity contribution in [3.63, 3.8) is 0 Å². The molecule has 1 aliphatic rings. The number of amides is 1. The molecule has 2 heterocycles. The molecule has 1 amide bonds. The van der Waals surface area contributed by atoms with Crippen LogP contribution in [-0.2, 0) is 0 Å². The van der Waals surface area contributed by atoms with Crippen LogP contribution in [0.15, 0.2) is 54.6 Å². The summed E-state index contributed by atoms with van der Waals surface area (Å²) in [6.07, 6.45) is 0. The summed E-state index contributed by atoms with van der Waals surface area (Å²) in [5, 5.41) is 9.84. The molecule has 0 saturated heterocycles. The van der Waals surface area contributed by atoms with E-state index in [1.54, 1.807) is 18.2 Å². The summed E-state index contributed by atoms with van der Waals surface area (Å²) < 4.78 is 14.1. The fourth-order valence-electron chi connectivity index (χ4n) is 2.84. The standard InChI is InChI=1S/C17H12FN3O/c18-12-9-5-4-8-11(12)15-13-14(10-6-2-1-3-7-10)20-21-16(13)17(22)19-15/h1-9,15H,(H,19,22)(H,20,21)/t15-/m1/s1. The number of rotatable bonds is 2. The zero-order valence-electron chi connectivity index (χ0n) is 11.5. The Kier molecular flexibility index (Phi) is 2.79. The van der Waals surface area contributed by atoms with Gasteiger partial charge in [0, 0.05) is 16.7 Å². The molecule has 2 N–H and O–H groups in total. The zero-order valence-corrected chi connectivity index (χ0v) is 11.5. The minimum atomic E-state index is -0.530. The first-order valence-electron chi connectivity index (χ1n) is 6.94. The first-order valence-corrected chi connectivity index (χ1v) is 6.94. The Balaban J connectivity index is 1.90. The molecule has 108 valence electrons. The number of aromatic amines is 1. The first kappa shape index (κ1) is 12.8. The molecular formula is C17H12FN3O. The lowest BCUT2D eigenvalue weighted by molar-refractivity contribution is 0.0955. The molecule has 4 rings (SSSR count). The van der Waals surface area contributed by atoms with Crippen LogP contribution in [-0.4, -0.2) is 16.1 Å². The number of aromatic nitrogens is 2. The van der Waals surface area contributed by atoms with Crippen molar-refractivity contribution in [3.05, 3.63) is 77.2 Å². The largest absolute Gasteiger partial charge is 0.340 e. The van der Waals surface area contributed by atoms with Gasteiger partial charge in [0.05, 0.1) is 11.7 Å². The molecule has 0 radical (unpaired) electrons. The molecule has 0 bridgehead atoms. The molecular weight excluding hydrogens is 281 g/mol. The van der Waals surface area contributed by atoms with E-state index in [2.05, 4.69) is 15.5 Å². The minimum Gasteiger partial charge on any atom is -0.340 e. The number of nitrogens with zero attached hydrogens (tertiary/aromatic N) is 1. The molecule has 0 unspecified atom stereocenters. The number of carbonyl (C=O) groups is 1. The normalized spacial score (nSPS) is 16.4. The second-order valence-electron chi connectivity index (χ2n) is 5.15. The van der Waals surface area contributed by atoms with E-state index in [1.807, 2.05) is 30.3 Å². The molecule has 3 aromatic rings. The van der Waals surface area contributed by atoms with Crippen LogP contribution in [0.3, 0.4) is 0 Å². The Morgan fingerprint density at radius 1 is 1.00 bits per heavy atom. The Morgan fingerprint density at radius 3 is 2.50 bits per heavy atom. The van der Waals surface area contributed by atoms with Gasteiger partial charge in [-0.25, -0.2) is 4.39 Å². The number of hydrogen-bond acceptors (Lipinski definition) is 2. The number of nitrogens with one attached hydrogen (secondary N) is 2. The van der Waals surface area contributed by atoms with Gasteiger partial charge in [-0.2, -0.15) is 5.10 Å². The molecule has 22 heavy (non-hydrogen) atoms. The molecule has 0 spiro atoms. The summed E-state index contributed by atoms with van der Waals surface area (Å²) in [5.41, 5.74) is 3.08. The molecule has 0 aliphatic carbocycles. The van der Waals surface area contributed by atoms with Crippen LogP contribution in [0, 0.1) is 5.82 Å². The first-order chi connectivity index (χ1) is 10.8. The van der Waals surface area contributed by atoms with E-state index in [1.165, 1.54) is 6.07 Å². The van der Waals surface area contributed by atoms with Crippen molar-refractivity contribution < 1.29 is 9.18 Å². The minimum absolute atomic E-state index is 0.266. The summed E-state index contributed by atoms with van der Waals surface area (Å²) in [6.45, 7) is 0. The SMILES string of the molecule is O=C1N[C@H](c2ccccc2F)c2c(-c3ccccc3)n[nH]c21. The Hall–Kier alpha value is -2.95. The average molecular weight is 293 g/mol. The maximum Gasteiger partial charge on any atom is 0.270 e. The van der Waals surface area contributed by atoms with Crippen molar-refractivity contribution in [2.75, 3.05) is 0 Å². The zero-order chi connectivity index (χ0) is 15.1. The van der Waals surface area contributed by atoms with Crippen molar-refractivity contribution >= 4 is 5.91 Å². The van der Waals surface area contributed by atoms with Gasteiger partial charge in [0.2, 0.25) is 0 Å². The van der Waals surface area contributed by atoms with Crippen molar-refractivity contribution in [1.29, 1.82) is 0 Å². The van der Waals surface area contributed by atoms with Crippen LogP contribution in [0.1, 0.15) is 27.7 Å². The fraction of sp³-hybridized carbons (Fsp3) is 0.0588. The van der Waals surface area contributed by atoms with Gasteiger partial charge in [-0.05, 0) is 6.07 Å². The van der Waals surface area contributed by atoms with Crippen LogP contribution in [0.2, 0.25) is 0 Å². The summed E-state index contributed by atoms with van der Waals surface area (Å²) >= 11 is 0. The third kappa shape index (κ3) is 1.83. The predicted molar refractivity (Wildman–Crippen MR) is 79.7 cm³/mol. The third-order valence-corrected chi connectivity index (χ3v) is 3.86. The van der Waals surface area contributed by atoms with Gasteiger partial charge in [-0.1, -0.05) is 48.5 Å². The maximum atomic E-state index is 14.1. The highest BCUT2D eigenvalue weighted by atomic mass is 19.1. The number of benzene rings is 2. The van der Waals surface area contributed by atoms with Crippen LogP contribution in [0.25, 0.3) is 11.3 Å². The number of carbonyl (C=O) groups excluding carboxylic acids is 1. The van der Waals surface area contributed by atoms with Crippen molar-refractivity contribution in [1.82, 2.24) is 15.5 Å². The molecule has 5 heteroatoms. The van der Waals surface area contributed by atoms with Crippen LogP contribution in [0.5, 0.6) is 0 Å². The van der Waals surface area contributed by atoms with Crippen LogP contribution >= 0.6 is 0 Å². The summed E-state index contributed by atoms with van der Waals surface area (Å²) in [6, 6.07) is 15.5. The third-order valence-electron chi connectivity index (χ3n) is 3.86. The summed E-state index contributed by atoms with van der Waals surface area (Å²) in [5.74, 6) is -0.612. The lowest BCUT2D eigenvalue weighted by Gasteiger charge is -2.14. The van der Waals surface area contributed by atoms with Crippen LogP contribution in [0.4, 0.5) is 4.39 Å². The van der Waals surface area contributed by atoms with E-state index in [0.29, 0.717) is 22.5 Å². The lowest BCUT2D eigenvalue weighted by atomic mass is 9.96. The number of halogens is 1. The van der Waals surface area contributed by atoms with Crippen molar-refractivity contribution in [2.24, 2.45) is 0 Å². The molecule has 1 aliphatic heterocycles. The number of hydrogen-bond donors (Lipinski definition) is 2. The Morgan fingerprint density at radius 2 is 1.73 bits per heavy atom. The monoisotopic (exact) mass is 293 g/mol. The smallest absolute Gasteiger partial charge is 0.270 e. The van der Waals surface area contributed by atoms with E-state index in [9.17, 15) is 9.18 Å². The number of H-pyrrole nitrogens is 1. The van der Waals surface area contributed by atoms with E-state index < -0.39 is 6.04 Å². The maximum absolute atomic E-state index is 14.1. The Labute approximate surface area is 126 Å². The van der Waals surface area contributed by atoms with E-state index in [4.69, 9.17) is 0 Å². The average Bonchev–Trinajstić information content (AvgIpc) is 3.11. The number of fused-ring (bicyclic) bond motifs is 1. The van der Waals surface area contributed by atoms with E-state index >= 15 is 0 Å². The second kappa shape index (κ2) is 4.80. The van der Waals surface area contributed by atoms with Gasteiger partial charge in [-0.3, -0.25) is 9.89 Å². The van der Waals surface area contributed by atoms with E-state index in [0.717, 1.165) is 5.56 Å². The van der Waals surface area contributed by atoms with E-state index in [-0.39, 0.29) is 11.7 Å². The molecule has 4 nitrogen and oxygen atoms in total. The lowest BCUT2D eigenvalue weighted by Crippen LogP contribution is -2.21. The van der Waals surface area contributed by atoms with Crippen LogP contribution < -0.4 is 5.32 Å². The highest BCUT2D eigenvalue weighted by Gasteiger charge is 2.36.